The predicted molar refractivity (Wildman–Crippen MR) is 503 cm³/mol. The zero-order valence-electron chi connectivity index (χ0n) is 65.0. The van der Waals surface area contributed by atoms with Crippen molar-refractivity contribution in [3.63, 3.8) is 0 Å². The third kappa shape index (κ3) is 10.4. The van der Waals surface area contributed by atoms with Gasteiger partial charge in [0, 0.05) is 113 Å². The van der Waals surface area contributed by atoms with Gasteiger partial charge >= 0.3 is 0 Å². The van der Waals surface area contributed by atoms with Gasteiger partial charge < -0.3 is 22.4 Å². The Kier molecular flexibility index (Phi) is 14.8. The molecule has 27 rings (SSSR count). The van der Waals surface area contributed by atoms with E-state index in [0.717, 1.165) is 154 Å². The number of nitrogens with zero attached hydrogens (tertiary/aromatic N) is 8. The summed E-state index contributed by atoms with van der Waals surface area (Å²) in [5.41, 5.74) is 16.4. The highest BCUT2D eigenvalue weighted by molar-refractivity contribution is 7.25. The van der Waals surface area contributed by atoms with Crippen molar-refractivity contribution in [2.45, 2.75) is 0 Å². The molecule has 0 spiro atoms. The summed E-state index contributed by atoms with van der Waals surface area (Å²) in [6.45, 7) is 0. The minimum atomic E-state index is 0.526. The third-order valence-corrected chi connectivity index (χ3v) is 25.8. The van der Waals surface area contributed by atoms with Gasteiger partial charge in [-0.25, -0.2) is 29.9 Å². The monoisotopic (exact) mass is 1570 g/mol. The van der Waals surface area contributed by atoms with Gasteiger partial charge in [-0.15, -0.1) is 11.3 Å². The standard InChI is InChI=1S/C57H32N4O2.C53H30N4OS/c1-2-16-36-32-48-46(31-35(36)15-1)40-28-27-34-14-4-6-19-38(34)52(40)61(48)47-30-29-44(51-43-21-8-10-26-50(43)63-54(47)51)56-58-55(42-23-11-17-33-13-3-5-18-37(33)42)59-57(60-56)45-24-12-22-41-39-20-7-9-25-49(39)62-53(41)45;1-2-14-31(15-3-1)51-54-52(34-26-27-37-36-19-10-13-25-45(36)59-46(37)30-34)56-53(55-51)48-38-20-6-7-21-39(38)49(50-47(48)40-22-9-12-24-44(40)58-50)57-42-23-11-8-18-35(42)41-28-32-16-4-5-17-33(32)29-43(41)57/h1-32H;1-30H. The molecule has 0 fully saturated rings. The van der Waals surface area contributed by atoms with Gasteiger partial charge in [0.2, 0.25) is 0 Å². The minimum absolute atomic E-state index is 0.526. The first kappa shape index (κ1) is 67.8. The van der Waals surface area contributed by atoms with Crippen LogP contribution in [0, 0.1) is 0 Å². The third-order valence-electron chi connectivity index (χ3n) is 24.6. The lowest BCUT2D eigenvalue weighted by molar-refractivity contribution is 0.666. The smallest absolute Gasteiger partial charge is 0.167 e. The lowest BCUT2D eigenvalue weighted by Crippen LogP contribution is -2.02. The van der Waals surface area contributed by atoms with Crippen molar-refractivity contribution >= 4 is 195 Å². The van der Waals surface area contributed by atoms with Crippen molar-refractivity contribution in [1.82, 2.24) is 39.0 Å². The molecule has 8 heterocycles. The van der Waals surface area contributed by atoms with Crippen LogP contribution in [0.25, 0.3) is 263 Å². The van der Waals surface area contributed by atoms with Gasteiger partial charge in [0.25, 0.3) is 0 Å². The lowest BCUT2D eigenvalue weighted by Gasteiger charge is -2.17. The Morgan fingerprint density at radius 3 is 1.43 bits per heavy atom. The van der Waals surface area contributed by atoms with Crippen LogP contribution in [0.4, 0.5) is 0 Å². The lowest BCUT2D eigenvalue weighted by atomic mass is 9.95. The molecule has 0 bridgehead atoms. The van der Waals surface area contributed by atoms with Crippen LogP contribution in [-0.2, 0) is 0 Å². The van der Waals surface area contributed by atoms with Crippen LogP contribution in [0.15, 0.2) is 389 Å². The Morgan fingerprint density at radius 2 is 0.697 bits per heavy atom. The molecule has 11 nitrogen and oxygen atoms in total. The highest BCUT2D eigenvalue weighted by atomic mass is 32.1. The first-order valence-electron chi connectivity index (χ1n) is 40.9. The van der Waals surface area contributed by atoms with E-state index in [0.29, 0.717) is 34.9 Å². The summed E-state index contributed by atoms with van der Waals surface area (Å²) < 4.78 is 28.0. The van der Waals surface area contributed by atoms with Crippen molar-refractivity contribution in [2.24, 2.45) is 0 Å². The molecule has 0 radical (unpaired) electrons. The number of aromatic nitrogens is 8. The molecule has 0 aliphatic heterocycles. The van der Waals surface area contributed by atoms with E-state index >= 15 is 0 Å². The maximum Gasteiger partial charge on any atom is 0.167 e. The normalized spacial score (nSPS) is 12.1. The van der Waals surface area contributed by atoms with E-state index in [1.165, 1.54) is 74.0 Å². The molecule has 8 aromatic heterocycles. The summed E-state index contributed by atoms with van der Waals surface area (Å²) >= 11 is 1.79. The highest BCUT2D eigenvalue weighted by Gasteiger charge is 2.30. The van der Waals surface area contributed by atoms with E-state index in [4.69, 9.17) is 43.2 Å². The van der Waals surface area contributed by atoms with E-state index in [1.807, 2.05) is 60.7 Å². The SMILES string of the molecule is c1ccc(-c2nc(-c3ccc4c(c3)sc3ccccc34)nc(-c3c4ccccc4c(-n4c5ccccc5c5cc6ccccc6cc54)c4oc5ccccc5c34)n2)cc1.c1ccc2cc3c(cc2c1)c1ccc2ccccc2c1n3-c1ccc(-c2nc(-c3cccc4ccccc34)nc(-c3cccc4c3oc3ccccc34)n2)c2c1oc1ccccc12. The molecule has 0 aliphatic rings. The number of hydrogen-bond acceptors (Lipinski definition) is 10. The summed E-state index contributed by atoms with van der Waals surface area (Å²) in [5.74, 6) is 3.47. The van der Waals surface area contributed by atoms with Crippen molar-refractivity contribution in [1.29, 1.82) is 0 Å². The van der Waals surface area contributed by atoms with Crippen LogP contribution in [-0.4, -0.2) is 39.0 Å². The van der Waals surface area contributed by atoms with Crippen molar-refractivity contribution in [3.05, 3.63) is 376 Å². The molecule has 19 aromatic carbocycles. The molecule has 0 amide bonds. The van der Waals surface area contributed by atoms with Crippen LogP contribution in [0.3, 0.4) is 0 Å². The van der Waals surface area contributed by atoms with Crippen LogP contribution in [0.5, 0.6) is 0 Å². The van der Waals surface area contributed by atoms with E-state index < -0.39 is 0 Å². The Morgan fingerprint density at radius 1 is 0.221 bits per heavy atom. The van der Waals surface area contributed by atoms with E-state index in [2.05, 4.69) is 325 Å². The molecular weight excluding hydrogens is 1510 g/mol. The average Bonchev–Trinajstić information content (AvgIpc) is 1.53. The van der Waals surface area contributed by atoms with Gasteiger partial charge in [-0.2, -0.15) is 0 Å². The van der Waals surface area contributed by atoms with Crippen LogP contribution >= 0.6 is 11.3 Å². The van der Waals surface area contributed by atoms with E-state index in [1.54, 1.807) is 11.3 Å². The zero-order chi connectivity index (χ0) is 79.8. The van der Waals surface area contributed by atoms with E-state index in [9.17, 15) is 0 Å². The topological polar surface area (TPSA) is 127 Å². The number of furan rings is 3. The Bertz CT molecular complexity index is 9140. The molecule has 0 aliphatic carbocycles. The second-order valence-electron chi connectivity index (χ2n) is 31.4. The molecular formula is C110H62N8O3S. The summed E-state index contributed by atoms with van der Waals surface area (Å²) in [5, 5.41) is 24.6. The fourth-order valence-electron chi connectivity index (χ4n) is 19.1. The summed E-state index contributed by atoms with van der Waals surface area (Å²) in [7, 11) is 0. The maximum atomic E-state index is 7.08. The van der Waals surface area contributed by atoms with Crippen LogP contribution in [0.2, 0.25) is 0 Å². The van der Waals surface area contributed by atoms with E-state index in [-0.39, 0.29) is 0 Å². The average molecular weight is 1580 g/mol. The highest BCUT2D eigenvalue weighted by Crippen LogP contribution is 2.51. The Balaban J connectivity index is 0.000000131. The maximum absolute atomic E-state index is 7.08. The largest absolute Gasteiger partial charge is 0.455 e. The zero-order valence-corrected chi connectivity index (χ0v) is 65.8. The number of thiophene rings is 1. The van der Waals surface area contributed by atoms with Crippen molar-refractivity contribution < 1.29 is 13.3 Å². The first-order chi connectivity index (χ1) is 60.5. The summed E-state index contributed by atoms with van der Waals surface area (Å²) in [6, 6.07) is 132. The summed E-state index contributed by atoms with van der Waals surface area (Å²) in [6.07, 6.45) is 0. The number of benzene rings is 19. The molecule has 12 heteroatoms. The van der Waals surface area contributed by atoms with Crippen molar-refractivity contribution in [2.75, 3.05) is 0 Å². The van der Waals surface area contributed by atoms with Gasteiger partial charge in [-0.3, -0.25) is 0 Å². The van der Waals surface area contributed by atoms with Gasteiger partial charge in [0.1, 0.15) is 22.3 Å². The molecule has 0 atom stereocenters. The Hall–Kier alpha value is -16.3. The van der Waals surface area contributed by atoms with Crippen molar-refractivity contribution in [3.8, 4) is 79.7 Å². The van der Waals surface area contributed by atoms with Gasteiger partial charge in [0.15, 0.2) is 46.1 Å². The van der Waals surface area contributed by atoms with Gasteiger partial charge in [-0.05, 0) is 122 Å². The second-order valence-corrected chi connectivity index (χ2v) is 32.5. The molecule has 0 saturated carbocycles. The predicted octanol–water partition coefficient (Wildman–Crippen LogP) is 29.8. The molecule has 122 heavy (non-hydrogen) atoms. The van der Waals surface area contributed by atoms with Gasteiger partial charge in [-0.1, -0.05) is 297 Å². The number of para-hydroxylation sites is 5. The second kappa shape index (κ2) is 26.6. The minimum Gasteiger partial charge on any atom is -0.455 e. The fourth-order valence-corrected chi connectivity index (χ4v) is 20.3. The fraction of sp³-hybridized carbons (Fsp3) is 0. The molecule has 0 saturated heterocycles. The quantitative estimate of drug-likeness (QED) is 0.146. The first-order valence-corrected chi connectivity index (χ1v) is 41.8. The Labute approximate surface area is 698 Å². The van der Waals surface area contributed by atoms with Crippen LogP contribution in [0.1, 0.15) is 0 Å². The number of hydrogen-bond donors (Lipinski definition) is 0. The number of rotatable bonds is 8. The van der Waals surface area contributed by atoms with Crippen LogP contribution < -0.4 is 0 Å². The molecule has 0 unspecified atom stereocenters. The molecule has 566 valence electrons. The van der Waals surface area contributed by atoms with Gasteiger partial charge in [0.05, 0.1) is 39.0 Å². The number of fused-ring (bicyclic) bond motifs is 24. The molecule has 0 N–H and O–H groups in total. The summed E-state index contributed by atoms with van der Waals surface area (Å²) in [4.78, 5) is 31.9. The molecule has 27 aromatic rings.